The zero-order valence-corrected chi connectivity index (χ0v) is 12.8. The maximum Gasteiger partial charge on any atom is 0.220 e. The van der Waals surface area contributed by atoms with Crippen LogP contribution in [0.5, 0.6) is 0 Å². The second-order valence-corrected chi connectivity index (χ2v) is 6.34. The largest absolute Gasteiger partial charge is 0.356 e. The number of carbonyl (C=O) groups excluding carboxylic acids is 1. The van der Waals surface area contributed by atoms with E-state index in [1.165, 1.54) is 25.7 Å². The molecule has 112 valence electrons. The van der Waals surface area contributed by atoms with Gasteiger partial charge in [-0.3, -0.25) is 4.79 Å². The van der Waals surface area contributed by atoms with Gasteiger partial charge in [0.25, 0.3) is 0 Å². The van der Waals surface area contributed by atoms with Crippen LogP contribution in [0, 0.1) is 11.8 Å². The normalized spacial score (nSPS) is 16.8. The molecule has 0 unspecified atom stereocenters. The molecule has 0 spiro atoms. The van der Waals surface area contributed by atoms with Gasteiger partial charge in [0.1, 0.15) is 0 Å². The summed E-state index contributed by atoms with van der Waals surface area (Å²) in [5.74, 6) is 1.69. The maximum absolute atomic E-state index is 11.8. The van der Waals surface area contributed by atoms with Crippen molar-refractivity contribution in [2.45, 2.75) is 65.2 Å². The summed E-state index contributed by atoms with van der Waals surface area (Å²) in [6.07, 6.45) is 9.40. The van der Waals surface area contributed by atoms with E-state index in [-0.39, 0.29) is 5.91 Å². The summed E-state index contributed by atoms with van der Waals surface area (Å²) in [6.45, 7) is 7.58. The van der Waals surface area contributed by atoms with Gasteiger partial charge in [-0.1, -0.05) is 39.5 Å². The number of rotatable bonds is 9. The van der Waals surface area contributed by atoms with Crippen molar-refractivity contribution in [3.8, 4) is 0 Å². The molecule has 0 aromatic carbocycles. The lowest BCUT2D eigenvalue weighted by Gasteiger charge is -2.21. The summed E-state index contributed by atoms with van der Waals surface area (Å²) in [6, 6.07) is 0. The van der Waals surface area contributed by atoms with Crippen molar-refractivity contribution in [3.05, 3.63) is 0 Å². The van der Waals surface area contributed by atoms with Crippen LogP contribution in [0.2, 0.25) is 0 Å². The van der Waals surface area contributed by atoms with Crippen molar-refractivity contribution >= 4 is 5.91 Å². The molecule has 0 aromatic heterocycles. The van der Waals surface area contributed by atoms with Gasteiger partial charge >= 0.3 is 0 Å². The van der Waals surface area contributed by atoms with Crippen LogP contribution < -0.4 is 10.6 Å². The Morgan fingerprint density at radius 2 is 1.84 bits per heavy atom. The first-order valence-electron chi connectivity index (χ1n) is 8.16. The van der Waals surface area contributed by atoms with Gasteiger partial charge in [-0.2, -0.15) is 0 Å². The van der Waals surface area contributed by atoms with Gasteiger partial charge in [-0.25, -0.2) is 0 Å². The second-order valence-electron chi connectivity index (χ2n) is 6.34. The van der Waals surface area contributed by atoms with Crippen LogP contribution in [0.3, 0.4) is 0 Å². The molecular formula is C16H32N2O. The molecule has 1 heterocycles. The van der Waals surface area contributed by atoms with E-state index >= 15 is 0 Å². The Hall–Kier alpha value is -0.570. The smallest absolute Gasteiger partial charge is 0.220 e. The predicted molar refractivity (Wildman–Crippen MR) is 81.1 cm³/mol. The first-order chi connectivity index (χ1) is 9.18. The number of carbonyl (C=O) groups is 1. The van der Waals surface area contributed by atoms with E-state index in [2.05, 4.69) is 24.5 Å². The molecule has 0 aliphatic carbocycles. The van der Waals surface area contributed by atoms with Crippen molar-refractivity contribution < 1.29 is 4.79 Å². The molecule has 0 saturated carbocycles. The summed E-state index contributed by atoms with van der Waals surface area (Å²) < 4.78 is 0. The van der Waals surface area contributed by atoms with Crippen molar-refractivity contribution in [2.24, 2.45) is 11.8 Å². The third-order valence-corrected chi connectivity index (χ3v) is 3.96. The molecule has 1 fully saturated rings. The van der Waals surface area contributed by atoms with Crippen molar-refractivity contribution in [1.82, 2.24) is 10.6 Å². The number of unbranched alkanes of at least 4 members (excludes halogenated alkanes) is 3. The molecule has 19 heavy (non-hydrogen) atoms. The van der Waals surface area contributed by atoms with E-state index < -0.39 is 0 Å². The van der Waals surface area contributed by atoms with Gasteiger partial charge < -0.3 is 10.6 Å². The standard InChI is InChI=1S/C16H32N2O/c1-14(2)7-5-3-4-6-10-18-16(19)13-15-8-11-17-12-9-15/h14-15,17H,3-13H2,1-2H3,(H,18,19). The summed E-state index contributed by atoms with van der Waals surface area (Å²) in [7, 11) is 0. The summed E-state index contributed by atoms with van der Waals surface area (Å²) >= 11 is 0. The number of piperidine rings is 1. The molecule has 1 rings (SSSR count). The average Bonchev–Trinajstić information content (AvgIpc) is 2.38. The number of nitrogens with one attached hydrogen (secondary N) is 2. The van der Waals surface area contributed by atoms with Gasteiger partial charge in [0.15, 0.2) is 0 Å². The topological polar surface area (TPSA) is 41.1 Å². The Morgan fingerprint density at radius 3 is 2.53 bits per heavy atom. The number of hydrogen-bond acceptors (Lipinski definition) is 2. The van der Waals surface area contributed by atoms with E-state index in [1.54, 1.807) is 0 Å². The molecule has 0 radical (unpaired) electrons. The van der Waals surface area contributed by atoms with Crippen LogP contribution in [0.4, 0.5) is 0 Å². The molecule has 1 saturated heterocycles. The van der Waals surface area contributed by atoms with Crippen molar-refractivity contribution in [3.63, 3.8) is 0 Å². The Bertz CT molecular complexity index is 235. The number of amides is 1. The molecule has 3 nitrogen and oxygen atoms in total. The average molecular weight is 268 g/mol. The molecule has 0 bridgehead atoms. The SMILES string of the molecule is CC(C)CCCCCCNC(=O)CC1CCNCC1. The van der Waals surface area contributed by atoms with Crippen molar-refractivity contribution in [1.29, 1.82) is 0 Å². The van der Waals surface area contributed by atoms with Gasteiger partial charge in [0.2, 0.25) is 5.91 Å². The van der Waals surface area contributed by atoms with E-state index in [0.29, 0.717) is 5.92 Å². The van der Waals surface area contributed by atoms with Crippen molar-refractivity contribution in [2.75, 3.05) is 19.6 Å². The third-order valence-electron chi connectivity index (χ3n) is 3.96. The Labute approximate surface area is 118 Å². The summed E-state index contributed by atoms with van der Waals surface area (Å²) in [5, 5.41) is 6.41. The zero-order valence-electron chi connectivity index (χ0n) is 12.8. The second kappa shape index (κ2) is 10.2. The molecule has 1 aliphatic heterocycles. The van der Waals surface area contributed by atoms with Crippen LogP contribution in [0.1, 0.15) is 65.2 Å². The summed E-state index contributed by atoms with van der Waals surface area (Å²) in [4.78, 5) is 11.8. The monoisotopic (exact) mass is 268 g/mol. The van der Waals surface area contributed by atoms with Gasteiger partial charge in [0.05, 0.1) is 0 Å². The van der Waals surface area contributed by atoms with Gasteiger partial charge in [-0.05, 0) is 44.2 Å². The number of hydrogen-bond donors (Lipinski definition) is 2. The highest BCUT2D eigenvalue weighted by Crippen LogP contribution is 2.15. The van der Waals surface area contributed by atoms with Gasteiger partial charge in [-0.15, -0.1) is 0 Å². The fourth-order valence-electron chi connectivity index (χ4n) is 2.68. The Kier molecular flexibility index (Phi) is 8.89. The van der Waals surface area contributed by atoms with Gasteiger partial charge in [0, 0.05) is 13.0 Å². The van der Waals surface area contributed by atoms with Crippen LogP contribution in [-0.2, 0) is 4.79 Å². The fourth-order valence-corrected chi connectivity index (χ4v) is 2.68. The predicted octanol–water partition coefficient (Wildman–Crippen LogP) is 3.10. The highest BCUT2D eigenvalue weighted by molar-refractivity contribution is 5.76. The highest BCUT2D eigenvalue weighted by Gasteiger charge is 2.16. The first-order valence-corrected chi connectivity index (χ1v) is 8.16. The minimum atomic E-state index is 0.258. The lowest BCUT2D eigenvalue weighted by molar-refractivity contribution is -0.122. The lowest BCUT2D eigenvalue weighted by atomic mass is 9.94. The van der Waals surface area contributed by atoms with E-state index in [1.807, 2.05) is 0 Å². The van der Waals surface area contributed by atoms with E-state index in [0.717, 1.165) is 51.2 Å². The molecule has 3 heteroatoms. The van der Waals surface area contributed by atoms with Crippen LogP contribution in [-0.4, -0.2) is 25.5 Å². The van der Waals surface area contributed by atoms with Crippen LogP contribution in [0.25, 0.3) is 0 Å². The van der Waals surface area contributed by atoms with Crippen LogP contribution in [0.15, 0.2) is 0 Å². The third kappa shape index (κ3) is 9.04. The Balaban J connectivity index is 1.89. The molecule has 0 atom stereocenters. The first kappa shape index (κ1) is 16.5. The zero-order chi connectivity index (χ0) is 13.9. The van der Waals surface area contributed by atoms with E-state index in [4.69, 9.17) is 0 Å². The highest BCUT2D eigenvalue weighted by atomic mass is 16.1. The molecule has 2 N–H and O–H groups in total. The maximum atomic E-state index is 11.8. The van der Waals surface area contributed by atoms with E-state index in [9.17, 15) is 4.79 Å². The quantitative estimate of drug-likeness (QED) is 0.631. The fraction of sp³-hybridized carbons (Fsp3) is 0.938. The van der Waals surface area contributed by atoms with Crippen LogP contribution >= 0.6 is 0 Å². The molecule has 1 amide bonds. The molecule has 0 aromatic rings. The minimum Gasteiger partial charge on any atom is -0.356 e. The molecule has 1 aliphatic rings. The Morgan fingerprint density at radius 1 is 1.16 bits per heavy atom. The lowest BCUT2D eigenvalue weighted by Crippen LogP contribution is -2.32. The minimum absolute atomic E-state index is 0.258. The summed E-state index contributed by atoms with van der Waals surface area (Å²) in [5.41, 5.74) is 0. The molecular weight excluding hydrogens is 236 g/mol.